The minimum absolute atomic E-state index is 0.183. The molecule has 1 aliphatic heterocycles. The van der Waals surface area contributed by atoms with Crippen molar-refractivity contribution in [1.82, 2.24) is 4.90 Å². The summed E-state index contributed by atoms with van der Waals surface area (Å²) in [6.07, 6.45) is 0. The van der Waals surface area contributed by atoms with Gasteiger partial charge in [0.2, 0.25) is 5.91 Å². The second-order valence-electron chi connectivity index (χ2n) is 3.06. The molecule has 1 atom stereocenters. The highest BCUT2D eigenvalue weighted by Crippen LogP contribution is 2.32. The lowest BCUT2D eigenvalue weighted by molar-refractivity contribution is -0.129. The van der Waals surface area contributed by atoms with Crippen LogP contribution in [0.3, 0.4) is 0 Å². The summed E-state index contributed by atoms with van der Waals surface area (Å²) in [7, 11) is 0. The van der Waals surface area contributed by atoms with Crippen molar-refractivity contribution < 1.29 is 13.6 Å². The molecule has 0 aromatic rings. The van der Waals surface area contributed by atoms with Crippen molar-refractivity contribution in [2.24, 2.45) is 5.92 Å². The Morgan fingerprint density at radius 1 is 1.46 bits per heavy atom. The van der Waals surface area contributed by atoms with Crippen LogP contribution < -0.4 is 0 Å². The number of alkyl halides is 2. The zero-order chi connectivity index (χ0) is 10.6. The van der Waals surface area contributed by atoms with Gasteiger partial charge in [-0.3, -0.25) is 4.79 Å². The number of nitrogens with zero attached hydrogens (tertiary/aromatic N) is 1. The Morgan fingerprint density at radius 2 is 1.92 bits per heavy atom. The molecule has 2 nitrogen and oxygen atoms in total. The zero-order valence-electron chi connectivity index (χ0n) is 8.60. The number of carbonyl (C=O) groups excluding carboxylic acids is 1. The van der Waals surface area contributed by atoms with Crippen LogP contribution in [-0.4, -0.2) is 29.8 Å². The van der Waals surface area contributed by atoms with Crippen molar-refractivity contribution in [2.45, 2.75) is 33.6 Å². The number of halogens is 2. The molecular weight excluding hydrogens is 176 g/mol. The minimum atomic E-state index is -2.69. The van der Waals surface area contributed by atoms with Crippen molar-refractivity contribution in [3.05, 3.63) is 0 Å². The fourth-order valence-corrected chi connectivity index (χ4v) is 1.18. The summed E-state index contributed by atoms with van der Waals surface area (Å²) in [6.45, 7) is 6.54. The molecule has 1 saturated heterocycles. The molecule has 1 rings (SSSR count). The Kier molecular flexibility index (Phi) is 4.30. The second-order valence-corrected chi connectivity index (χ2v) is 3.06. The van der Waals surface area contributed by atoms with E-state index in [-0.39, 0.29) is 12.5 Å². The van der Waals surface area contributed by atoms with Gasteiger partial charge in [0.05, 0.1) is 6.54 Å². The summed E-state index contributed by atoms with van der Waals surface area (Å²) in [5.74, 6) is -3.66. The molecule has 0 radical (unpaired) electrons. The minimum Gasteiger partial charge on any atom is -0.336 e. The highest BCUT2D eigenvalue weighted by Gasteiger charge is 2.45. The summed E-state index contributed by atoms with van der Waals surface area (Å²) in [6, 6.07) is 0. The van der Waals surface area contributed by atoms with Gasteiger partial charge in [0, 0.05) is 19.4 Å². The van der Waals surface area contributed by atoms with Gasteiger partial charge in [-0.15, -0.1) is 0 Å². The molecule has 78 valence electrons. The van der Waals surface area contributed by atoms with E-state index < -0.39 is 18.4 Å². The standard InChI is InChI=1S/C7H11F2NO.C2H6/c1-5-3-10(6(2)11)4-7(5,8)9;1-2/h5H,3-4H2,1-2H3;1-2H3. The van der Waals surface area contributed by atoms with E-state index in [2.05, 4.69) is 0 Å². The first-order valence-corrected chi connectivity index (χ1v) is 4.57. The molecule has 1 unspecified atom stereocenters. The monoisotopic (exact) mass is 193 g/mol. The van der Waals surface area contributed by atoms with Crippen LogP contribution in [0.1, 0.15) is 27.7 Å². The van der Waals surface area contributed by atoms with Gasteiger partial charge in [-0.05, 0) is 0 Å². The van der Waals surface area contributed by atoms with Crippen molar-refractivity contribution >= 4 is 5.91 Å². The maximum Gasteiger partial charge on any atom is 0.269 e. The van der Waals surface area contributed by atoms with Crippen LogP contribution >= 0.6 is 0 Å². The number of amides is 1. The van der Waals surface area contributed by atoms with Crippen LogP contribution in [0.2, 0.25) is 0 Å². The molecule has 0 aromatic heterocycles. The lowest BCUT2D eigenvalue weighted by atomic mass is 10.1. The fraction of sp³-hybridized carbons (Fsp3) is 0.889. The number of likely N-dealkylation sites (tertiary alicyclic amines) is 1. The molecule has 1 aliphatic rings. The maximum absolute atomic E-state index is 12.8. The lowest BCUT2D eigenvalue weighted by Gasteiger charge is -2.12. The van der Waals surface area contributed by atoms with E-state index in [1.165, 1.54) is 18.7 Å². The van der Waals surface area contributed by atoms with E-state index in [1.807, 2.05) is 13.8 Å². The quantitative estimate of drug-likeness (QED) is 0.577. The van der Waals surface area contributed by atoms with Gasteiger partial charge in [-0.25, -0.2) is 8.78 Å². The van der Waals surface area contributed by atoms with Gasteiger partial charge < -0.3 is 4.90 Å². The highest BCUT2D eigenvalue weighted by molar-refractivity contribution is 5.73. The van der Waals surface area contributed by atoms with Crippen LogP contribution in [-0.2, 0) is 4.79 Å². The first kappa shape index (κ1) is 12.3. The topological polar surface area (TPSA) is 20.3 Å². The Morgan fingerprint density at radius 3 is 2.08 bits per heavy atom. The Bertz CT molecular complexity index is 182. The van der Waals surface area contributed by atoms with Gasteiger partial charge >= 0.3 is 0 Å². The molecule has 0 bridgehead atoms. The normalized spacial score (nSPS) is 25.1. The maximum atomic E-state index is 12.8. The van der Waals surface area contributed by atoms with E-state index in [0.29, 0.717) is 0 Å². The molecule has 0 aromatic carbocycles. The molecule has 0 N–H and O–H groups in total. The number of hydrogen-bond acceptors (Lipinski definition) is 1. The Hall–Kier alpha value is -0.670. The van der Waals surface area contributed by atoms with Crippen molar-refractivity contribution in [2.75, 3.05) is 13.1 Å². The largest absolute Gasteiger partial charge is 0.336 e. The highest BCUT2D eigenvalue weighted by atomic mass is 19.3. The average Bonchev–Trinajstić information content (AvgIpc) is 2.31. The van der Waals surface area contributed by atoms with Crippen LogP contribution in [0.15, 0.2) is 0 Å². The Labute approximate surface area is 77.9 Å². The number of rotatable bonds is 0. The first-order chi connectivity index (χ1) is 5.93. The van der Waals surface area contributed by atoms with E-state index in [1.54, 1.807) is 0 Å². The summed E-state index contributed by atoms with van der Waals surface area (Å²) in [5, 5.41) is 0. The van der Waals surface area contributed by atoms with E-state index in [4.69, 9.17) is 0 Å². The van der Waals surface area contributed by atoms with Crippen molar-refractivity contribution in [3.8, 4) is 0 Å². The van der Waals surface area contributed by atoms with Gasteiger partial charge in [0.1, 0.15) is 0 Å². The smallest absolute Gasteiger partial charge is 0.269 e. The third-order valence-electron chi connectivity index (χ3n) is 2.06. The second kappa shape index (κ2) is 4.53. The average molecular weight is 193 g/mol. The summed E-state index contributed by atoms with van der Waals surface area (Å²) in [5.41, 5.74) is 0. The lowest BCUT2D eigenvalue weighted by Crippen LogP contribution is -2.29. The molecule has 0 saturated carbocycles. The van der Waals surface area contributed by atoms with Crippen molar-refractivity contribution in [3.63, 3.8) is 0 Å². The SMILES string of the molecule is CC.CC(=O)N1CC(C)C(F)(F)C1. The van der Waals surface area contributed by atoms with Crippen molar-refractivity contribution in [1.29, 1.82) is 0 Å². The van der Waals surface area contributed by atoms with Gasteiger partial charge in [0.15, 0.2) is 0 Å². The Balaban J connectivity index is 0.000000671. The van der Waals surface area contributed by atoms with Gasteiger partial charge in [-0.2, -0.15) is 0 Å². The van der Waals surface area contributed by atoms with Crippen LogP contribution in [0.4, 0.5) is 8.78 Å². The first-order valence-electron chi connectivity index (χ1n) is 4.57. The van der Waals surface area contributed by atoms with Crippen LogP contribution in [0, 0.1) is 5.92 Å². The van der Waals surface area contributed by atoms with E-state index in [9.17, 15) is 13.6 Å². The van der Waals surface area contributed by atoms with Crippen LogP contribution in [0.5, 0.6) is 0 Å². The van der Waals surface area contributed by atoms with Gasteiger partial charge in [-0.1, -0.05) is 20.8 Å². The molecule has 1 heterocycles. The summed E-state index contributed by atoms with van der Waals surface area (Å²) >= 11 is 0. The third kappa shape index (κ3) is 2.94. The van der Waals surface area contributed by atoms with E-state index in [0.717, 1.165) is 0 Å². The van der Waals surface area contributed by atoms with Crippen LogP contribution in [0.25, 0.3) is 0 Å². The molecule has 0 aliphatic carbocycles. The molecular formula is C9H17F2NO. The van der Waals surface area contributed by atoms with E-state index >= 15 is 0 Å². The fourth-order valence-electron chi connectivity index (χ4n) is 1.18. The number of hydrogen-bond donors (Lipinski definition) is 0. The number of carbonyl (C=O) groups is 1. The summed E-state index contributed by atoms with van der Waals surface area (Å²) in [4.78, 5) is 11.9. The predicted octanol–water partition coefficient (Wildman–Crippen LogP) is 2.15. The molecule has 4 heteroatoms. The molecule has 0 spiro atoms. The summed E-state index contributed by atoms with van der Waals surface area (Å²) < 4.78 is 25.5. The zero-order valence-corrected chi connectivity index (χ0v) is 8.60. The molecule has 1 fully saturated rings. The molecule has 1 amide bonds. The predicted molar refractivity (Wildman–Crippen MR) is 47.7 cm³/mol. The molecule has 13 heavy (non-hydrogen) atoms. The third-order valence-corrected chi connectivity index (χ3v) is 2.06. The van der Waals surface area contributed by atoms with Gasteiger partial charge in [0.25, 0.3) is 5.92 Å².